The lowest BCUT2D eigenvalue weighted by molar-refractivity contribution is -0.140. The number of fused-ring (bicyclic) bond motifs is 2. The zero-order valence-corrected chi connectivity index (χ0v) is 23.5. The van der Waals surface area contributed by atoms with Crippen LogP contribution in [0.4, 0.5) is 23.2 Å². The maximum atomic E-state index is 13.9. The second-order valence-electron chi connectivity index (χ2n) is 11.6. The molecule has 2 aromatic rings. The van der Waals surface area contributed by atoms with Gasteiger partial charge < -0.3 is 20.5 Å². The topological polar surface area (TPSA) is 87.7 Å². The van der Waals surface area contributed by atoms with Crippen LogP contribution in [0.3, 0.4) is 0 Å². The van der Waals surface area contributed by atoms with Crippen LogP contribution in [0.25, 0.3) is 0 Å². The predicted molar refractivity (Wildman–Crippen MR) is 149 cm³/mol. The molecule has 0 saturated heterocycles. The quantitative estimate of drug-likeness (QED) is 0.238. The molecule has 0 radical (unpaired) electrons. The highest BCUT2D eigenvalue weighted by Crippen LogP contribution is 2.54. The first kappa shape index (κ1) is 30.1. The smallest absolute Gasteiger partial charge is 0.419 e. The molecule has 4 atom stereocenters. The number of carbonyl (C=O) groups excluding carboxylic acids is 2. The number of carbonyl (C=O) groups is 2. The van der Waals surface area contributed by atoms with Gasteiger partial charge in [0.25, 0.3) is 5.91 Å². The van der Waals surface area contributed by atoms with E-state index in [1.165, 1.54) is 7.11 Å². The average molecular weight is 589 g/mol. The SMILES string of the molecule is COc1ccc(CCCO)cc1C(=O)NC1C2CCC(/C2=C/C2CCCC2)C1C(=O)Nc1ccc(F)c(C(F)(F)F)c1. The van der Waals surface area contributed by atoms with Crippen LogP contribution < -0.4 is 15.4 Å². The summed E-state index contributed by atoms with van der Waals surface area (Å²) in [6, 6.07) is 7.09. The molecule has 2 bridgehead atoms. The van der Waals surface area contributed by atoms with Crippen LogP contribution >= 0.6 is 0 Å². The Kier molecular flexibility index (Phi) is 8.92. The van der Waals surface area contributed by atoms with Gasteiger partial charge in [-0.15, -0.1) is 0 Å². The van der Waals surface area contributed by atoms with Gasteiger partial charge in [0.2, 0.25) is 5.91 Å². The van der Waals surface area contributed by atoms with Gasteiger partial charge in [-0.2, -0.15) is 13.2 Å². The minimum atomic E-state index is -4.91. The van der Waals surface area contributed by atoms with Gasteiger partial charge in [-0.3, -0.25) is 9.59 Å². The largest absolute Gasteiger partial charge is 0.496 e. The third kappa shape index (κ3) is 6.19. The van der Waals surface area contributed by atoms with Gasteiger partial charge in [0, 0.05) is 24.3 Å². The van der Waals surface area contributed by atoms with E-state index in [2.05, 4.69) is 16.7 Å². The number of nitrogens with one attached hydrogen (secondary N) is 2. The molecule has 3 saturated carbocycles. The van der Waals surface area contributed by atoms with E-state index in [1.54, 1.807) is 12.1 Å². The maximum Gasteiger partial charge on any atom is 0.419 e. The average Bonchev–Trinajstić information content (AvgIpc) is 3.68. The van der Waals surface area contributed by atoms with Crippen LogP contribution in [-0.4, -0.2) is 36.7 Å². The van der Waals surface area contributed by atoms with Crippen molar-refractivity contribution >= 4 is 17.5 Å². The molecule has 0 spiro atoms. The Labute approximate surface area is 242 Å². The molecule has 3 fully saturated rings. The number of aliphatic hydroxyl groups is 1. The zero-order valence-electron chi connectivity index (χ0n) is 23.5. The van der Waals surface area contributed by atoms with E-state index in [-0.39, 0.29) is 24.1 Å². The number of hydrogen-bond acceptors (Lipinski definition) is 4. The minimum absolute atomic E-state index is 0.0180. The summed E-state index contributed by atoms with van der Waals surface area (Å²) >= 11 is 0. The Morgan fingerprint density at radius 3 is 2.48 bits per heavy atom. The monoisotopic (exact) mass is 588 g/mol. The highest BCUT2D eigenvalue weighted by molar-refractivity contribution is 5.99. The summed E-state index contributed by atoms with van der Waals surface area (Å²) in [7, 11) is 1.47. The molecule has 226 valence electrons. The van der Waals surface area contributed by atoms with Crippen molar-refractivity contribution in [2.75, 3.05) is 19.0 Å². The number of hydrogen-bond donors (Lipinski definition) is 3. The molecule has 3 aliphatic rings. The molecule has 2 aromatic carbocycles. The summed E-state index contributed by atoms with van der Waals surface area (Å²) in [6.07, 6.45) is 4.45. The van der Waals surface area contributed by atoms with Gasteiger partial charge in [0.15, 0.2) is 0 Å². The molecule has 5 rings (SSSR count). The number of aryl methyl sites for hydroxylation is 1. The number of benzene rings is 2. The first-order valence-electron chi connectivity index (χ1n) is 14.6. The van der Waals surface area contributed by atoms with Crippen molar-refractivity contribution in [2.24, 2.45) is 23.7 Å². The van der Waals surface area contributed by atoms with Crippen molar-refractivity contribution in [2.45, 2.75) is 63.6 Å². The van der Waals surface area contributed by atoms with E-state index in [4.69, 9.17) is 4.74 Å². The zero-order chi connectivity index (χ0) is 30.0. The fourth-order valence-electron chi connectivity index (χ4n) is 7.07. The Morgan fingerprint density at radius 1 is 1.05 bits per heavy atom. The van der Waals surface area contributed by atoms with E-state index in [0.717, 1.165) is 55.7 Å². The molecule has 3 aliphatic carbocycles. The second kappa shape index (κ2) is 12.5. The van der Waals surface area contributed by atoms with Crippen LogP contribution in [0.2, 0.25) is 0 Å². The Hall–Kier alpha value is -3.40. The van der Waals surface area contributed by atoms with E-state index >= 15 is 0 Å². The number of halogens is 4. The summed E-state index contributed by atoms with van der Waals surface area (Å²) < 4.78 is 59.3. The lowest BCUT2D eigenvalue weighted by atomic mass is 9.83. The second-order valence-corrected chi connectivity index (χ2v) is 11.6. The molecule has 6 nitrogen and oxygen atoms in total. The van der Waals surface area contributed by atoms with Crippen molar-refractivity contribution in [3.05, 3.63) is 70.6 Å². The minimum Gasteiger partial charge on any atom is -0.496 e. The number of aliphatic hydroxyl groups excluding tert-OH is 1. The highest BCUT2D eigenvalue weighted by Gasteiger charge is 2.55. The third-order valence-corrected chi connectivity index (χ3v) is 9.00. The van der Waals surface area contributed by atoms with Crippen LogP contribution in [-0.2, 0) is 17.4 Å². The first-order chi connectivity index (χ1) is 20.1. The molecule has 3 N–H and O–H groups in total. The molecular formula is C32H36F4N2O4. The molecule has 0 aliphatic heterocycles. The molecule has 4 unspecified atom stereocenters. The summed E-state index contributed by atoms with van der Waals surface area (Å²) in [5.74, 6) is -2.47. The molecular weight excluding hydrogens is 552 g/mol. The number of rotatable bonds is 9. The number of alkyl halides is 3. The van der Waals surface area contributed by atoms with Gasteiger partial charge in [0.1, 0.15) is 11.6 Å². The Balaban J connectivity index is 1.44. The van der Waals surface area contributed by atoms with Crippen molar-refractivity contribution in [1.29, 1.82) is 0 Å². The van der Waals surface area contributed by atoms with Crippen molar-refractivity contribution in [3.63, 3.8) is 0 Å². The van der Waals surface area contributed by atoms with E-state index in [1.807, 2.05) is 6.07 Å². The number of methoxy groups -OCH3 is 1. The Morgan fingerprint density at radius 2 is 1.79 bits per heavy atom. The lowest BCUT2D eigenvalue weighted by Gasteiger charge is -2.30. The normalized spacial score (nSPS) is 24.8. The van der Waals surface area contributed by atoms with E-state index in [0.29, 0.717) is 42.2 Å². The fourth-order valence-corrected chi connectivity index (χ4v) is 7.07. The molecule has 0 heterocycles. The number of ether oxygens (including phenoxy) is 1. The van der Waals surface area contributed by atoms with E-state index < -0.39 is 41.3 Å². The van der Waals surface area contributed by atoms with Crippen molar-refractivity contribution in [1.82, 2.24) is 5.32 Å². The summed E-state index contributed by atoms with van der Waals surface area (Å²) in [4.78, 5) is 27.4. The first-order valence-corrected chi connectivity index (χ1v) is 14.6. The van der Waals surface area contributed by atoms with Gasteiger partial charge in [-0.1, -0.05) is 30.6 Å². The Bertz CT molecular complexity index is 1350. The third-order valence-electron chi connectivity index (χ3n) is 9.00. The van der Waals surface area contributed by atoms with Gasteiger partial charge >= 0.3 is 6.18 Å². The standard InChI is InChI=1S/C32H36F4N2O4/c1-42-27-13-8-19(7-4-14-39)16-24(27)30(40)38-29-22-11-10-21(23(22)15-18-5-2-3-6-18)28(29)31(41)37-20-9-12-26(33)25(17-20)32(34,35)36/h8-9,12-13,15-18,21-22,28-29,39H,2-7,10-11,14H2,1H3,(H,37,41)(H,38,40)/b23-15-. The molecule has 0 aromatic heterocycles. The number of anilines is 1. The summed E-state index contributed by atoms with van der Waals surface area (Å²) in [5.41, 5.74) is 0.709. The lowest BCUT2D eigenvalue weighted by Crippen LogP contribution is -2.48. The maximum absolute atomic E-state index is 13.9. The van der Waals surface area contributed by atoms with Crippen LogP contribution in [0.5, 0.6) is 5.75 Å². The van der Waals surface area contributed by atoms with Crippen molar-refractivity contribution < 1.29 is 37.0 Å². The predicted octanol–water partition coefficient (Wildman–Crippen LogP) is 6.29. The summed E-state index contributed by atoms with van der Waals surface area (Å²) in [5, 5.41) is 14.9. The number of amides is 2. The molecule has 42 heavy (non-hydrogen) atoms. The van der Waals surface area contributed by atoms with Gasteiger partial charge in [-0.05, 0) is 86.3 Å². The van der Waals surface area contributed by atoms with Gasteiger partial charge in [0.05, 0.1) is 24.2 Å². The van der Waals surface area contributed by atoms with E-state index in [9.17, 15) is 32.3 Å². The van der Waals surface area contributed by atoms with Crippen LogP contribution in [0, 0.1) is 29.5 Å². The fraction of sp³-hybridized carbons (Fsp3) is 0.500. The molecule has 10 heteroatoms. The number of allylic oxidation sites excluding steroid dienone is 1. The molecule has 2 amide bonds. The summed E-state index contributed by atoms with van der Waals surface area (Å²) in [6.45, 7) is 0.0180. The van der Waals surface area contributed by atoms with Gasteiger partial charge in [-0.25, -0.2) is 4.39 Å². The van der Waals surface area contributed by atoms with Crippen LogP contribution in [0.15, 0.2) is 48.0 Å². The van der Waals surface area contributed by atoms with Crippen molar-refractivity contribution in [3.8, 4) is 5.75 Å². The van der Waals surface area contributed by atoms with Crippen LogP contribution in [0.1, 0.15) is 66.4 Å². The highest BCUT2D eigenvalue weighted by atomic mass is 19.4.